The predicted octanol–water partition coefficient (Wildman–Crippen LogP) is 33.0. The Morgan fingerprint density at radius 3 is 0.392 bits per heavy atom. The maximum absolute atomic E-state index is 7.13. The normalized spacial score (nSPS) is 11.7. The van der Waals surface area contributed by atoms with E-state index in [1.807, 2.05) is 0 Å². The number of anilines is 2. The number of nitrogens with one attached hydrogen (secondary N) is 1. The van der Waals surface area contributed by atoms with Crippen LogP contribution in [0.1, 0.15) is 0 Å². The molecule has 0 atom stereocenters. The molecule has 8 aromatic carbocycles. The quantitative estimate of drug-likeness (QED) is 0.118. The first-order valence-corrected chi connectivity index (χ1v) is 31.3. The summed E-state index contributed by atoms with van der Waals surface area (Å²) in [6, 6.07) is 5.90. The van der Waals surface area contributed by atoms with Crippen molar-refractivity contribution in [3.8, 4) is 66.8 Å². The van der Waals surface area contributed by atoms with Crippen molar-refractivity contribution >= 4 is 359 Å². The molecule has 0 amide bonds. The van der Waals surface area contributed by atoms with Crippen LogP contribution in [0.15, 0.2) is 24.3 Å². The van der Waals surface area contributed by atoms with Gasteiger partial charge >= 0.3 is 0 Å². The summed E-state index contributed by atoms with van der Waals surface area (Å²) >= 11 is 206. The van der Waals surface area contributed by atoms with Crippen molar-refractivity contribution in [3.05, 3.63) is 175 Å². The second-order valence-corrected chi connectivity index (χ2v) is 27.0. The highest BCUT2D eigenvalue weighted by Crippen LogP contribution is 2.63. The SMILES string of the molecule is Clc1c(Cl)c(Cl)c(-c2cc(Nc3cc(-c4c(Cl)c(Cl)c(Cl)c(Cl)c4Cl)c(-c4c(Cl)c(Cl)c(Cl)c(Cl)c4Cl)c(-c4c(Cl)c(Cl)c(Cl)c(Cl)c4Cl)c3)cc(-c3c(Cl)c(Cl)c(Cl)c(Cl)c3Cl)c2-c2c(Cl)c(Cl)c(Cl)c(Cl)c2Cl)c(Cl)c1Cl. The molecule has 0 spiro atoms. The number of halogens is 30. The Morgan fingerprint density at radius 1 is 0.139 bits per heavy atom. The lowest BCUT2D eigenvalue weighted by atomic mass is 9.85. The van der Waals surface area contributed by atoms with Gasteiger partial charge in [-0.2, -0.15) is 0 Å². The van der Waals surface area contributed by atoms with Crippen molar-refractivity contribution in [3.63, 3.8) is 0 Å². The van der Waals surface area contributed by atoms with Crippen molar-refractivity contribution < 1.29 is 0 Å². The topological polar surface area (TPSA) is 12.0 Å². The van der Waals surface area contributed by atoms with E-state index in [9.17, 15) is 0 Å². The number of hydrogen-bond acceptors (Lipinski definition) is 1. The fourth-order valence-corrected chi connectivity index (χ4v) is 16.0. The first-order valence-electron chi connectivity index (χ1n) is 20.0. The third-order valence-electron chi connectivity index (χ3n) is 11.4. The molecule has 0 radical (unpaired) electrons. The minimum Gasteiger partial charge on any atom is -0.355 e. The van der Waals surface area contributed by atoms with Gasteiger partial charge in [0.05, 0.1) is 151 Å². The Kier molecular flexibility index (Phi) is 22.1. The van der Waals surface area contributed by atoms with E-state index in [1.165, 1.54) is 24.3 Å². The number of hydrogen-bond donors (Lipinski definition) is 1. The molecule has 31 heteroatoms. The molecule has 0 aliphatic rings. The van der Waals surface area contributed by atoms with E-state index in [0.717, 1.165) is 0 Å². The second-order valence-electron chi connectivity index (χ2n) is 15.7. The Hall–Kier alpha value is 2.26. The van der Waals surface area contributed by atoms with Crippen LogP contribution < -0.4 is 5.32 Å². The van der Waals surface area contributed by atoms with Gasteiger partial charge in [-0.25, -0.2) is 0 Å². The maximum Gasteiger partial charge on any atom is 0.0809 e. The molecule has 0 saturated heterocycles. The summed E-state index contributed by atoms with van der Waals surface area (Å²) in [6.45, 7) is 0. The lowest BCUT2D eigenvalue weighted by molar-refractivity contribution is 1.50. The molecule has 1 nitrogen and oxygen atoms in total. The molecule has 0 unspecified atom stereocenters. The van der Waals surface area contributed by atoms with Crippen molar-refractivity contribution in [2.24, 2.45) is 0 Å². The Labute approximate surface area is 597 Å². The zero-order valence-corrected chi connectivity index (χ0v) is 58.8. The van der Waals surface area contributed by atoms with Gasteiger partial charge in [0, 0.05) is 55.9 Å². The Balaban J connectivity index is 1.67. The molecule has 0 heterocycles. The molecular weight excluding hydrogens is 1650 g/mol. The van der Waals surface area contributed by atoms with Crippen LogP contribution in [-0.4, -0.2) is 0 Å². The summed E-state index contributed by atoms with van der Waals surface area (Å²) in [5.74, 6) is 0. The molecule has 79 heavy (non-hydrogen) atoms. The van der Waals surface area contributed by atoms with Gasteiger partial charge in [0.2, 0.25) is 0 Å². The molecule has 0 bridgehead atoms. The molecule has 1 N–H and O–H groups in total. The molecule has 8 rings (SSSR count). The van der Waals surface area contributed by atoms with E-state index in [4.69, 9.17) is 348 Å². The van der Waals surface area contributed by atoms with Gasteiger partial charge in [0.25, 0.3) is 0 Å². The largest absolute Gasteiger partial charge is 0.355 e. The van der Waals surface area contributed by atoms with Crippen molar-refractivity contribution in [1.82, 2.24) is 0 Å². The van der Waals surface area contributed by atoms with E-state index in [2.05, 4.69) is 5.32 Å². The average molecular weight is 1660 g/mol. The molecule has 0 fully saturated rings. The third kappa shape index (κ3) is 11.6. The van der Waals surface area contributed by atoms with E-state index < -0.39 is 0 Å². The van der Waals surface area contributed by atoms with E-state index in [0.29, 0.717) is 0 Å². The Morgan fingerprint density at radius 2 is 0.253 bits per heavy atom. The van der Waals surface area contributed by atoms with Gasteiger partial charge in [-0.05, 0) is 46.5 Å². The minimum absolute atomic E-state index is 0.0335. The maximum atomic E-state index is 7.13. The van der Waals surface area contributed by atoms with Gasteiger partial charge in [0.15, 0.2) is 0 Å². The third-order valence-corrected chi connectivity index (χ3v) is 25.1. The molecule has 0 aliphatic heterocycles. The summed E-state index contributed by atoms with van der Waals surface area (Å²) in [5, 5.41) is -4.32. The highest BCUT2D eigenvalue weighted by atomic mass is 35.5. The van der Waals surface area contributed by atoms with Gasteiger partial charge < -0.3 is 5.32 Å². The highest BCUT2D eigenvalue weighted by molar-refractivity contribution is 6.63. The molecular formula is C48H5Cl30N. The molecule has 0 aliphatic carbocycles. The van der Waals surface area contributed by atoms with Crippen LogP contribution in [0.25, 0.3) is 66.8 Å². The van der Waals surface area contributed by atoms with Crippen LogP contribution in [0.2, 0.25) is 151 Å². The van der Waals surface area contributed by atoms with Crippen LogP contribution in [-0.2, 0) is 0 Å². The van der Waals surface area contributed by atoms with Gasteiger partial charge in [-0.15, -0.1) is 0 Å². The summed E-state index contributed by atoms with van der Waals surface area (Å²) in [6.07, 6.45) is 0. The summed E-state index contributed by atoms with van der Waals surface area (Å²) < 4.78 is 0. The first-order chi connectivity index (χ1) is 36.7. The van der Waals surface area contributed by atoms with Gasteiger partial charge in [-0.1, -0.05) is 348 Å². The van der Waals surface area contributed by atoms with Gasteiger partial charge in [-0.3, -0.25) is 0 Å². The van der Waals surface area contributed by atoms with Gasteiger partial charge in [0.1, 0.15) is 0 Å². The van der Waals surface area contributed by atoms with Crippen LogP contribution in [0.3, 0.4) is 0 Å². The zero-order chi connectivity index (χ0) is 58.9. The molecule has 0 aromatic heterocycles. The van der Waals surface area contributed by atoms with Crippen molar-refractivity contribution in [2.45, 2.75) is 0 Å². The van der Waals surface area contributed by atoms with Crippen molar-refractivity contribution in [1.29, 1.82) is 0 Å². The minimum atomic E-state index is -0.270. The summed E-state index contributed by atoms with van der Waals surface area (Å²) in [4.78, 5) is 0. The van der Waals surface area contributed by atoms with Crippen LogP contribution in [0.5, 0.6) is 0 Å². The standard InChI is InChI=1S/C48H5Cl30N/c49-19-13(20(50)32(62)43(73)31(19)61)7-1-5(2-8(14-21(51)33(63)44(74)34(64)22(14)52)11(7)17-27(57)39(69)47(77)40(70)28(17)58)79-6-3-9(15-23(53)35(65)45(75)36(66)24(15)54)12(18-29(59)41(71)48(78)42(72)30(18)60)10(4-6)16-25(55)37(67)46(76)38(68)26(16)56/h1-4,79H. The average Bonchev–Trinajstić information content (AvgIpc) is 3.53. The van der Waals surface area contributed by atoms with E-state index >= 15 is 0 Å². The van der Waals surface area contributed by atoms with Crippen LogP contribution in [0, 0.1) is 0 Å². The number of benzene rings is 8. The first kappa shape index (κ1) is 67.2. The van der Waals surface area contributed by atoms with E-state index in [-0.39, 0.29) is 229 Å². The fourth-order valence-electron chi connectivity index (χ4n) is 7.94. The second kappa shape index (κ2) is 26.0. The van der Waals surface area contributed by atoms with Crippen molar-refractivity contribution in [2.75, 3.05) is 5.32 Å². The summed E-state index contributed by atoms with van der Waals surface area (Å²) in [5.41, 5.74) is -0.800. The molecule has 412 valence electrons. The van der Waals surface area contributed by atoms with E-state index in [1.54, 1.807) is 0 Å². The monoisotopic (exact) mass is 1640 g/mol. The molecule has 8 aromatic rings. The zero-order valence-electron chi connectivity index (χ0n) is 36.1. The fraction of sp³-hybridized carbons (Fsp3) is 0. The summed E-state index contributed by atoms with van der Waals surface area (Å²) in [7, 11) is 0. The van der Waals surface area contributed by atoms with Crippen LogP contribution in [0.4, 0.5) is 11.4 Å². The lowest BCUT2D eigenvalue weighted by Crippen LogP contribution is -2.02. The smallest absolute Gasteiger partial charge is 0.0809 e. The number of rotatable bonds is 8. The van der Waals surface area contributed by atoms with Crippen LogP contribution >= 0.6 is 348 Å². The lowest BCUT2D eigenvalue weighted by Gasteiger charge is -2.26. The predicted molar refractivity (Wildman–Crippen MR) is 359 cm³/mol. The molecule has 0 saturated carbocycles. The Bertz CT molecular complexity index is 3440. The highest BCUT2D eigenvalue weighted by Gasteiger charge is 2.35.